The molecule has 10 N–H and O–H groups in total. The van der Waals surface area contributed by atoms with Crippen molar-refractivity contribution in [1.82, 2.24) is 16.0 Å². The smallest absolute Gasteiger partial charge is 0.322 e. The molecule has 170 valence electrons. The summed E-state index contributed by atoms with van der Waals surface area (Å²) in [5.41, 5.74) is 10.9. The number of carbonyl (C=O) groups is 6. The summed E-state index contributed by atoms with van der Waals surface area (Å²) in [5.74, 6) is -7.00. The lowest BCUT2D eigenvalue weighted by molar-refractivity contribution is -0.141. The third-order valence-electron chi connectivity index (χ3n) is 3.74. The van der Waals surface area contributed by atoms with Gasteiger partial charge in [-0.3, -0.25) is 28.8 Å². The molecule has 0 saturated heterocycles. The summed E-state index contributed by atoms with van der Waals surface area (Å²) in [4.78, 5) is 68.8. The van der Waals surface area contributed by atoms with E-state index >= 15 is 0 Å². The molecule has 30 heavy (non-hydrogen) atoms. The van der Waals surface area contributed by atoms with Crippen LogP contribution in [0.3, 0.4) is 0 Å². The normalized spacial score (nSPS) is 13.4. The molecule has 0 aromatic carbocycles. The van der Waals surface area contributed by atoms with E-state index in [4.69, 9.17) is 26.8 Å². The number of hydrogen-bond donors (Lipinski definition) is 8. The third-order valence-corrected chi connectivity index (χ3v) is 3.74. The van der Waals surface area contributed by atoms with Crippen LogP contribution in [0.4, 0.5) is 0 Å². The summed E-state index contributed by atoms with van der Waals surface area (Å²) in [7, 11) is 0. The Morgan fingerprint density at radius 3 is 1.80 bits per heavy atom. The van der Waals surface area contributed by atoms with Crippen molar-refractivity contribution in [3.8, 4) is 0 Å². The monoisotopic (exact) mass is 433 g/mol. The van der Waals surface area contributed by atoms with Gasteiger partial charge in [-0.05, 0) is 25.8 Å². The van der Waals surface area contributed by atoms with Crippen LogP contribution in [0, 0.1) is 0 Å². The van der Waals surface area contributed by atoms with Crippen LogP contribution in [0.2, 0.25) is 0 Å². The van der Waals surface area contributed by atoms with Crippen molar-refractivity contribution in [3.05, 3.63) is 0 Å². The number of carboxylic acids is 3. The lowest BCUT2D eigenvalue weighted by Gasteiger charge is -2.23. The number of rotatable bonds is 15. The van der Waals surface area contributed by atoms with Gasteiger partial charge in [-0.25, -0.2) is 0 Å². The lowest BCUT2D eigenvalue weighted by Crippen LogP contribution is -2.56. The zero-order valence-electron chi connectivity index (χ0n) is 16.1. The summed E-state index contributed by atoms with van der Waals surface area (Å²) in [6.45, 7) is -0.481. The van der Waals surface area contributed by atoms with Gasteiger partial charge in [0.1, 0.15) is 18.6 Å². The molecule has 0 aliphatic carbocycles. The second-order valence-electron chi connectivity index (χ2n) is 6.32. The van der Waals surface area contributed by atoms with Gasteiger partial charge < -0.3 is 42.7 Å². The molecule has 14 nitrogen and oxygen atoms in total. The summed E-state index contributed by atoms with van der Waals surface area (Å²) in [6, 6.07) is -4.27. The molecule has 3 unspecified atom stereocenters. The molecule has 0 heterocycles. The van der Waals surface area contributed by atoms with Gasteiger partial charge in [-0.15, -0.1) is 0 Å². The van der Waals surface area contributed by atoms with Gasteiger partial charge in [0.15, 0.2) is 0 Å². The predicted octanol–water partition coefficient (Wildman–Crippen LogP) is -3.44. The van der Waals surface area contributed by atoms with E-state index in [1.807, 2.05) is 5.32 Å². The van der Waals surface area contributed by atoms with Crippen molar-refractivity contribution in [3.63, 3.8) is 0 Å². The molecule has 0 fully saturated rings. The molecule has 0 radical (unpaired) electrons. The van der Waals surface area contributed by atoms with E-state index < -0.39 is 73.1 Å². The summed E-state index contributed by atoms with van der Waals surface area (Å²) in [5, 5.41) is 32.6. The number of amides is 3. The average Bonchev–Trinajstić information content (AvgIpc) is 2.63. The SMILES string of the molecule is NCCCCC(NC(=O)C(N)CC(=O)O)C(=O)NC(CC(=O)O)C(=O)NCC(=O)O. The van der Waals surface area contributed by atoms with Gasteiger partial charge >= 0.3 is 17.9 Å². The van der Waals surface area contributed by atoms with Gasteiger partial charge in [-0.2, -0.15) is 0 Å². The number of aliphatic carboxylic acids is 3. The molecule has 0 rings (SSSR count). The molecule has 0 aromatic rings. The van der Waals surface area contributed by atoms with Crippen LogP contribution < -0.4 is 27.4 Å². The Balaban J connectivity index is 5.27. The highest BCUT2D eigenvalue weighted by atomic mass is 16.4. The Morgan fingerprint density at radius 1 is 0.733 bits per heavy atom. The predicted molar refractivity (Wildman–Crippen MR) is 99.9 cm³/mol. The van der Waals surface area contributed by atoms with E-state index in [2.05, 4.69) is 10.6 Å². The lowest BCUT2D eigenvalue weighted by atomic mass is 10.1. The van der Waals surface area contributed by atoms with Gasteiger partial charge in [0.25, 0.3) is 0 Å². The molecular weight excluding hydrogens is 406 g/mol. The van der Waals surface area contributed by atoms with Crippen LogP contribution in [-0.2, 0) is 28.8 Å². The summed E-state index contributed by atoms with van der Waals surface area (Å²) < 4.78 is 0. The fourth-order valence-electron chi connectivity index (χ4n) is 2.26. The fourth-order valence-corrected chi connectivity index (χ4v) is 2.26. The van der Waals surface area contributed by atoms with Crippen LogP contribution in [0.15, 0.2) is 0 Å². The topological polar surface area (TPSA) is 251 Å². The largest absolute Gasteiger partial charge is 0.481 e. The van der Waals surface area contributed by atoms with E-state index in [9.17, 15) is 28.8 Å². The average molecular weight is 433 g/mol. The maximum atomic E-state index is 12.5. The molecule has 14 heteroatoms. The molecule has 0 aromatic heterocycles. The number of hydrogen-bond acceptors (Lipinski definition) is 8. The Labute approximate surface area is 171 Å². The number of carboxylic acid groups (broad SMARTS) is 3. The molecule has 0 aliphatic rings. The third kappa shape index (κ3) is 11.6. The van der Waals surface area contributed by atoms with E-state index in [1.165, 1.54) is 0 Å². The summed E-state index contributed by atoms with van der Waals surface area (Å²) >= 11 is 0. The van der Waals surface area contributed by atoms with Crippen molar-refractivity contribution in [2.45, 2.75) is 50.2 Å². The van der Waals surface area contributed by atoms with Crippen molar-refractivity contribution in [1.29, 1.82) is 0 Å². The number of unbranched alkanes of at least 4 members (excludes halogenated alkanes) is 1. The van der Waals surface area contributed by atoms with Crippen LogP contribution in [0.5, 0.6) is 0 Å². The number of nitrogens with one attached hydrogen (secondary N) is 3. The minimum Gasteiger partial charge on any atom is -0.481 e. The second kappa shape index (κ2) is 13.8. The van der Waals surface area contributed by atoms with Crippen LogP contribution >= 0.6 is 0 Å². The zero-order chi connectivity index (χ0) is 23.3. The van der Waals surface area contributed by atoms with Gasteiger partial charge in [0.2, 0.25) is 17.7 Å². The van der Waals surface area contributed by atoms with Crippen LogP contribution in [0.1, 0.15) is 32.1 Å². The molecule has 0 saturated carbocycles. The summed E-state index contributed by atoms with van der Waals surface area (Å²) in [6.07, 6.45) is -0.567. The molecule has 0 spiro atoms. The van der Waals surface area contributed by atoms with Crippen LogP contribution in [0.25, 0.3) is 0 Å². The first kappa shape index (κ1) is 26.7. The second-order valence-corrected chi connectivity index (χ2v) is 6.32. The molecular formula is C16H27N5O9. The Hall–Kier alpha value is -3.26. The highest BCUT2D eigenvalue weighted by Gasteiger charge is 2.29. The first-order chi connectivity index (χ1) is 14.0. The zero-order valence-corrected chi connectivity index (χ0v) is 16.1. The van der Waals surface area contributed by atoms with Gasteiger partial charge in [0.05, 0.1) is 18.9 Å². The van der Waals surface area contributed by atoms with Crippen molar-refractivity contribution >= 4 is 35.6 Å². The van der Waals surface area contributed by atoms with Crippen molar-refractivity contribution in [2.24, 2.45) is 11.5 Å². The maximum Gasteiger partial charge on any atom is 0.322 e. The highest BCUT2D eigenvalue weighted by Crippen LogP contribution is 2.04. The van der Waals surface area contributed by atoms with Gasteiger partial charge in [-0.1, -0.05) is 0 Å². The fraction of sp³-hybridized carbons (Fsp3) is 0.625. The first-order valence-corrected chi connectivity index (χ1v) is 8.97. The molecule has 0 bridgehead atoms. The standard InChI is InChI=1S/C16H27N5O9/c17-4-2-1-3-9(20-14(28)8(18)5-11(22)23)16(30)21-10(6-12(24)25)15(29)19-7-13(26)27/h8-10H,1-7,17-18H2,(H,19,29)(H,20,28)(H,21,30)(H,22,23)(H,24,25)(H,26,27). The Morgan fingerprint density at radius 2 is 1.30 bits per heavy atom. The molecule has 3 atom stereocenters. The Bertz CT molecular complexity index is 655. The maximum absolute atomic E-state index is 12.5. The van der Waals surface area contributed by atoms with E-state index in [1.54, 1.807) is 0 Å². The highest BCUT2D eigenvalue weighted by molar-refractivity contribution is 5.95. The minimum absolute atomic E-state index is 0.0606. The molecule has 3 amide bonds. The van der Waals surface area contributed by atoms with E-state index in [-0.39, 0.29) is 6.42 Å². The molecule has 0 aliphatic heterocycles. The van der Waals surface area contributed by atoms with E-state index in [0.717, 1.165) is 0 Å². The first-order valence-electron chi connectivity index (χ1n) is 8.97. The number of nitrogens with two attached hydrogens (primary N) is 2. The quantitative estimate of drug-likeness (QED) is 0.118. The number of carbonyl (C=O) groups excluding carboxylic acids is 3. The van der Waals surface area contributed by atoms with Gasteiger partial charge in [0, 0.05) is 0 Å². The minimum atomic E-state index is -1.60. The Kier molecular flexibility index (Phi) is 12.3. The van der Waals surface area contributed by atoms with E-state index in [0.29, 0.717) is 19.4 Å². The van der Waals surface area contributed by atoms with Crippen molar-refractivity contribution < 1.29 is 44.1 Å². The van der Waals surface area contributed by atoms with Crippen LogP contribution in [-0.4, -0.2) is 82.2 Å². The van der Waals surface area contributed by atoms with Crippen molar-refractivity contribution in [2.75, 3.05) is 13.1 Å².